The molecule has 0 aliphatic carbocycles. The Morgan fingerprint density at radius 3 is 2.57 bits per heavy atom. The molecule has 3 aliphatic heterocycles. The number of hydrogen-bond donors (Lipinski definition) is 1. The second kappa shape index (κ2) is 11.7. The Bertz CT molecular complexity index is 1190. The lowest BCUT2D eigenvalue weighted by Crippen LogP contribution is -2.55. The predicted octanol–water partition coefficient (Wildman–Crippen LogP) is 5.27. The van der Waals surface area contributed by atoms with Gasteiger partial charge in [-0.05, 0) is 68.5 Å². The highest BCUT2D eigenvalue weighted by Gasteiger charge is 2.53. The summed E-state index contributed by atoms with van der Waals surface area (Å²) in [6.07, 6.45) is 3.74. The summed E-state index contributed by atoms with van der Waals surface area (Å²) >= 11 is 6.08. The van der Waals surface area contributed by atoms with E-state index in [0.29, 0.717) is 24.5 Å². The normalized spacial score (nSPS) is 27.4. The average Bonchev–Trinajstić information content (AvgIpc) is 2.86. The number of ether oxygens (including phenoxy) is 2. The first kappa shape index (κ1) is 28.6. The molecule has 0 aromatic heterocycles. The Labute approximate surface area is 228 Å². The summed E-state index contributed by atoms with van der Waals surface area (Å²) < 4.78 is 68.0. The third kappa shape index (κ3) is 6.09. The van der Waals surface area contributed by atoms with Crippen molar-refractivity contribution in [2.24, 2.45) is 5.92 Å². The highest BCUT2D eigenvalue weighted by molar-refractivity contribution is 7.91. The van der Waals surface area contributed by atoms with E-state index in [4.69, 9.17) is 21.1 Å². The van der Waals surface area contributed by atoms with E-state index in [1.807, 2.05) is 12.1 Å². The number of rotatable bonds is 7. The molecule has 3 aliphatic rings. The largest absolute Gasteiger partial charge is 0.490 e. The van der Waals surface area contributed by atoms with Crippen LogP contribution in [0.15, 0.2) is 36.4 Å². The van der Waals surface area contributed by atoms with Gasteiger partial charge in [0.2, 0.25) is 0 Å². The lowest BCUT2D eigenvalue weighted by atomic mass is 9.60. The molecule has 2 aromatic carbocycles. The monoisotopic (exact) mass is 575 g/mol. The van der Waals surface area contributed by atoms with Crippen LogP contribution in [0.4, 0.5) is 8.78 Å². The molecule has 3 heterocycles. The fourth-order valence-corrected chi connectivity index (χ4v) is 8.03. The highest BCUT2D eigenvalue weighted by Crippen LogP contribution is 2.52. The van der Waals surface area contributed by atoms with Crippen molar-refractivity contribution in [2.75, 3.05) is 31.3 Å². The van der Waals surface area contributed by atoms with Crippen LogP contribution in [0.25, 0.3) is 0 Å². The molecule has 1 N–H and O–H groups in total. The summed E-state index contributed by atoms with van der Waals surface area (Å²) in [6, 6.07) is 9.59. The number of sulfone groups is 1. The number of fused-ring (bicyclic) bond motifs is 3. The van der Waals surface area contributed by atoms with Gasteiger partial charge in [0.25, 0.3) is 0 Å². The molecule has 2 saturated heterocycles. The van der Waals surface area contributed by atoms with Gasteiger partial charge in [0.15, 0.2) is 21.4 Å². The van der Waals surface area contributed by atoms with E-state index < -0.39 is 33.0 Å². The zero-order chi connectivity index (χ0) is 25.3. The molecule has 0 bridgehead atoms. The van der Waals surface area contributed by atoms with Gasteiger partial charge in [-0.2, -0.15) is 0 Å². The van der Waals surface area contributed by atoms with Crippen LogP contribution in [0.3, 0.4) is 0 Å². The molecule has 10 heteroatoms. The van der Waals surface area contributed by atoms with Crippen LogP contribution in [0.2, 0.25) is 5.02 Å². The number of halogens is 4. The van der Waals surface area contributed by atoms with Crippen molar-refractivity contribution in [2.45, 2.75) is 56.1 Å². The summed E-state index contributed by atoms with van der Waals surface area (Å²) in [5.41, 5.74) is 0.388. The van der Waals surface area contributed by atoms with Crippen molar-refractivity contribution >= 4 is 33.8 Å². The first-order chi connectivity index (χ1) is 17.3. The van der Waals surface area contributed by atoms with Crippen molar-refractivity contribution in [1.29, 1.82) is 0 Å². The van der Waals surface area contributed by atoms with Crippen LogP contribution < -0.4 is 10.1 Å². The third-order valence-corrected chi connectivity index (χ3v) is 10.0. The second-order valence-electron chi connectivity index (χ2n) is 10.3. The summed E-state index contributed by atoms with van der Waals surface area (Å²) in [6.45, 7) is 1.31. The zero-order valence-corrected chi connectivity index (χ0v) is 22.9. The molecule has 0 amide bonds. The molecule has 2 fully saturated rings. The smallest absolute Gasteiger partial charge is 0.165 e. The van der Waals surface area contributed by atoms with E-state index in [9.17, 15) is 12.8 Å². The molecule has 204 valence electrons. The van der Waals surface area contributed by atoms with Crippen LogP contribution in [-0.4, -0.2) is 51.8 Å². The van der Waals surface area contributed by atoms with Gasteiger partial charge in [-0.3, -0.25) is 0 Å². The minimum Gasteiger partial charge on any atom is -0.490 e. The number of hydrogen-bond acceptors (Lipinski definition) is 5. The Hall–Kier alpha value is -1.45. The van der Waals surface area contributed by atoms with E-state index in [2.05, 4.69) is 5.32 Å². The molecule has 5 nitrogen and oxygen atoms in total. The highest BCUT2D eigenvalue weighted by atomic mass is 35.5. The molecule has 37 heavy (non-hydrogen) atoms. The first-order valence-electron chi connectivity index (χ1n) is 12.7. The SMILES string of the molecule is Cl.O=S(=O)(CC[C@@H]1OCC[C@@]2(Cc3ccc(Cl)cc3)c3c(F)ccc(F)c3OC[C@@H]12)C[C@H]1CCCCN1. The number of nitrogens with one attached hydrogen (secondary N) is 1. The molecule has 0 spiro atoms. The van der Waals surface area contributed by atoms with Gasteiger partial charge in [-0.1, -0.05) is 30.2 Å². The van der Waals surface area contributed by atoms with Crippen molar-refractivity contribution in [1.82, 2.24) is 5.32 Å². The van der Waals surface area contributed by atoms with Crippen LogP contribution in [0.1, 0.15) is 43.2 Å². The van der Waals surface area contributed by atoms with Crippen molar-refractivity contribution in [3.8, 4) is 5.75 Å². The zero-order valence-electron chi connectivity index (χ0n) is 20.6. The van der Waals surface area contributed by atoms with Gasteiger partial charge in [-0.15, -0.1) is 12.4 Å². The van der Waals surface area contributed by atoms with Crippen LogP contribution in [0.5, 0.6) is 5.75 Å². The quantitative estimate of drug-likeness (QED) is 0.487. The summed E-state index contributed by atoms with van der Waals surface area (Å²) in [7, 11) is -3.31. The van der Waals surface area contributed by atoms with Gasteiger partial charge in [0.05, 0.1) is 24.2 Å². The molecule has 0 unspecified atom stereocenters. The van der Waals surface area contributed by atoms with Crippen molar-refractivity contribution < 1.29 is 26.7 Å². The van der Waals surface area contributed by atoms with Crippen LogP contribution in [0, 0.1) is 17.6 Å². The molecule has 0 radical (unpaired) electrons. The average molecular weight is 577 g/mol. The molecule has 5 rings (SSSR count). The lowest BCUT2D eigenvalue weighted by molar-refractivity contribution is -0.0963. The van der Waals surface area contributed by atoms with E-state index in [-0.39, 0.29) is 60.2 Å². The Kier molecular flexibility index (Phi) is 9.06. The number of benzene rings is 2. The van der Waals surface area contributed by atoms with Gasteiger partial charge in [0, 0.05) is 34.6 Å². The standard InChI is InChI=1S/C27H32ClF2NO4S.ClH/c28-19-6-4-18(5-7-19)15-27-11-13-34-24(10-14-36(32,33)17-20-3-1-2-12-31-20)21(27)16-35-26-23(30)9-8-22(29)25(26)27;/h4-9,20-21,24,31H,1-3,10-17H2;1H/t20-,21+,24+,27+;/m1./s1. The van der Waals surface area contributed by atoms with E-state index in [1.54, 1.807) is 12.1 Å². The number of piperidine rings is 1. The lowest BCUT2D eigenvalue weighted by Gasteiger charge is -2.51. The Balaban J connectivity index is 0.00000320. The van der Waals surface area contributed by atoms with E-state index >= 15 is 4.39 Å². The maximum atomic E-state index is 15.4. The van der Waals surface area contributed by atoms with Gasteiger partial charge >= 0.3 is 0 Å². The van der Waals surface area contributed by atoms with Gasteiger partial charge in [-0.25, -0.2) is 17.2 Å². The minimum absolute atomic E-state index is 0. The molecule has 4 atom stereocenters. The molecular weight excluding hydrogens is 543 g/mol. The van der Waals surface area contributed by atoms with Crippen LogP contribution in [-0.2, 0) is 26.4 Å². The van der Waals surface area contributed by atoms with Crippen molar-refractivity contribution in [3.05, 3.63) is 64.2 Å². The van der Waals surface area contributed by atoms with Gasteiger partial charge in [0.1, 0.15) is 5.82 Å². The third-order valence-electron chi connectivity index (χ3n) is 8.02. The fourth-order valence-electron chi connectivity index (χ4n) is 6.25. The predicted molar refractivity (Wildman–Crippen MR) is 143 cm³/mol. The minimum atomic E-state index is -3.31. The van der Waals surface area contributed by atoms with E-state index in [0.717, 1.165) is 43.5 Å². The molecule has 0 saturated carbocycles. The summed E-state index contributed by atoms with van der Waals surface area (Å²) in [5.74, 6) is -1.38. The summed E-state index contributed by atoms with van der Waals surface area (Å²) in [5, 5.41) is 3.90. The van der Waals surface area contributed by atoms with Crippen molar-refractivity contribution in [3.63, 3.8) is 0 Å². The summed E-state index contributed by atoms with van der Waals surface area (Å²) in [4.78, 5) is 0. The van der Waals surface area contributed by atoms with Gasteiger partial charge < -0.3 is 14.8 Å². The molecular formula is C27H33Cl2F2NO4S. The maximum Gasteiger partial charge on any atom is 0.165 e. The fraction of sp³-hybridized carbons (Fsp3) is 0.556. The Morgan fingerprint density at radius 2 is 1.84 bits per heavy atom. The maximum absolute atomic E-state index is 15.4. The first-order valence-corrected chi connectivity index (χ1v) is 14.9. The van der Waals surface area contributed by atoms with E-state index in [1.165, 1.54) is 0 Å². The van der Waals surface area contributed by atoms with Crippen LogP contribution >= 0.6 is 24.0 Å². The second-order valence-corrected chi connectivity index (χ2v) is 13.0. The topological polar surface area (TPSA) is 64.6 Å². The Morgan fingerprint density at radius 1 is 1.08 bits per heavy atom. The molecule has 2 aromatic rings.